The van der Waals surface area contributed by atoms with Crippen molar-refractivity contribution in [1.29, 1.82) is 0 Å². The average Bonchev–Trinajstić information content (AvgIpc) is 2.93. The van der Waals surface area contributed by atoms with Gasteiger partial charge in [0.15, 0.2) is 0 Å². The van der Waals surface area contributed by atoms with E-state index in [0.717, 1.165) is 32.3 Å². The molecule has 2 rings (SSSR count). The molecule has 0 bridgehead atoms. The predicted octanol–water partition coefficient (Wildman–Crippen LogP) is 2.18. The third kappa shape index (κ3) is 2.72. The van der Waals surface area contributed by atoms with Crippen LogP contribution in [0.4, 0.5) is 4.79 Å². The number of hydrogen-bond donors (Lipinski definition) is 1. The molecule has 1 aromatic rings. The van der Waals surface area contributed by atoms with E-state index in [9.17, 15) is 4.79 Å². The van der Waals surface area contributed by atoms with Gasteiger partial charge >= 0.3 is 6.03 Å². The molecule has 1 saturated heterocycles. The number of aromatic nitrogens is 2. The first-order valence-electron chi connectivity index (χ1n) is 6.62. The molecule has 100 valence electrons. The maximum Gasteiger partial charge on any atom is 0.327 e. The van der Waals surface area contributed by atoms with Crippen molar-refractivity contribution in [1.82, 2.24) is 14.9 Å². The first-order chi connectivity index (χ1) is 8.69. The molecule has 1 aliphatic heterocycles. The van der Waals surface area contributed by atoms with Crippen LogP contribution in [0.2, 0.25) is 0 Å². The molecular weight excluding hydrogens is 230 g/mol. The zero-order valence-corrected chi connectivity index (χ0v) is 11.1. The second-order valence-electron chi connectivity index (χ2n) is 4.85. The first kappa shape index (κ1) is 13.1. The van der Waals surface area contributed by atoms with E-state index in [1.807, 2.05) is 0 Å². The maximum atomic E-state index is 11.9. The van der Waals surface area contributed by atoms with Gasteiger partial charge in [-0.3, -0.25) is 4.57 Å². The molecule has 18 heavy (non-hydrogen) atoms. The fourth-order valence-electron chi connectivity index (χ4n) is 2.52. The number of amides is 1. The van der Waals surface area contributed by atoms with Gasteiger partial charge in [-0.2, -0.15) is 0 Å². The SMILES string of the molecule is CCC1(CC)CC(NC(=O)n2ccnc2)CCO1. The highest BCUT2D eigenvalue weighted by Crippen LogP contribution is 2.31. The lowest BCUT2D eigenvalue weighted by Crippen LogP contribution is -2.48. The molecule has 0 radical (unpaired) electrons. The first-order valence-corrected chi connectivity index (χ1v) is 6.62. The summed E-state index contributed by atoms with van der Waals surface area (Å²) in [7, 11) is 0. The van der Waals surface area contributed by atoms with Crippen molar-refractivity contribution in [3.63, 3.8) is 0 Å². The molecule has 1 fully saturated rings. The van der Waals surface area contributed by atoms with Crippen LogP contribution in [0, 0.1) is 0 Å². The number of imidazole rings is 1. The van der Waals surface area contributed by atoms with Gasteiger partial charge in [-0.1, -0.05) is 13.8 Å². The third-order valence-electron chi connectivity index (χ3n) is 3.85. The fourth-order valence-corrected chi connectivity index (χ4v) is 2.52. The van der Waals surface area contributed by atoms with E-state index < -0.39 is 0 Å². The monoisotopic (exact) mass is 251 g/mol. The summed E-state index contributed by atoms with van der Waals surface area (Å²) in [5.74, 6) is 0. The van der Waals surface area contributed by atoms with Crippen LogP contribution < -0.4 is 5.32 Å². The fraction of sp³-hybridized carbons (Fsp3) is 0.692. The highest BCUT2D eigenvalue weighted by atomic mass is 16.5. The third-order valence-corrected chi connectivity index (χ3v) is 3.85. The Hall–Kier alpha value is -1.36. The molecule has 0 aromatic carbocycles. The summed E-state index contributed by atoms with van der Waals surface area (Å²) in [4.78, 5) is 15.8. The van der Waals surface area contributed by atoms with Crippen LogP contribution in [-0.2, 0) is 4.74 Å². The van der Waals surface area contributed by atoms with E-state index >= 15 is 0 Å². The zero-order valence-electron chi connectivity index (χ0n) is 11.1. The van der Waals surface area contributed by atoms with Crippen molar-refractivity contribution in [2.75, 3.05) is 6.61 Å². The second-order valence-corrected chi connectivity index (χ2v) is 4.85. The van der Waals surface area contributed by atoms with Crippen LogP contribution in [0.5, 0.6) is 0 Å². The Morgan fingerprint density at radius 2 is 2.33 bits per heavy atom. The molecule has 0 spiro atoms. The van der Waals surface area contributed by atoms with Crippen molar-refractivity contribution in [2.45, 2.75) is 51.2 Å². The summed E-state index contributed by atoms with van der Waals surface area (Å²) < 4.78 is 7.36. The summed E-state index contributed by atoms with van der Waals surface area (Å²) in [6, 6.07) is 0.0778. The lowest BCUT2D eigenvalue weighted by molar-refractivity contribution is -0.0915. The minimum Gasteiger partial charge on any atom is -0.375 e. The van der Waals surface area contributed by atoms with Crippen molar-refractivity contribution >= 4 is 6.03 Å². The summed E-state index contributed by atoms with van der Waals surface area (Å²) in [5.41, 5.74) is -0.0644. The number of carbonyl (C=O) groups is 1. The Kier molecular flexibility index (Phi) is 4.01. The van der Waals surface area contributed by atoms with Gasteiger partial charge in [0.25, 0.3) is 0 Å². The molecule has 1 aromatic heterocycles. The summed E-state index contributed by atoms with van der Waals surface area (Å²) in [6.07, 6.45) is 8.51. The summed E-state index contributed by atoms with van der Waals surface area (Å²) in [6.45, 7) is 5.00. The Labute approximate surface area is 108 Å². The van der Waals surface area contributed by atoms with Crippen LogP contribution >= 0.6 is 0 Å². The van der Waals surface area contributed by atoms with E-state index in [1.54, 1.807) is 12.4 Å². The van der Waals surface area contributed by atoms with Crippen LogP contribution in [0.15, 0.2) is 18.7 Å². The van der Waals surface area contributed by atoms with Crippen LogP contribution in [0.1, 0.15) is 39.5 Å². The summed E-state index contributed by atoms with van der Waals surface area (Å²) >= 11 is 0. The molecule has 5 nitrogen and oxygen atoms in total. The number of nitrogens with zero attached hydrogens (tertiary/aromatic N) is 2. The van der Waals surface area contributed by atoms with Gasteiger partial charge in [-0.25, -0.2) is 9.78 Å². The predicted molar refractivity (Wildman–Crippen MR) is 68.4 cm³/mol. The molecule has 0 aliphatic carbocycles. The number of rotatable bonds is 3. The van der Waals surface area contributed by atoms with E-state index in [0.29, 0.717) is 0 Å². The quantitative estimate of drug-likeness (QED) is 0.895. The van der Waals surface area contributed by atoms with Crippen molar-refractivity contribution < 1.29 is 9.53 Å². The molecular formula is C13H21N3O2. The lowest BCUT2D eigenvalue weighted by Gasteiger charge is -2.40. The molecule has 5 heteroatoms. The van der Waals surface area contributed by atoms with Gasteiger partial charge in [0.1, 0.15) is 6.33 Å². The van der Waals surface area contributed by atoms with Crippen LogP contribution in [0.3, 0.4) is 0 Å². The summed E-state index contributed by atoms with van der Waals surface area (Å²) in [5, 5.41) is 3.05. The van der Waals surface area contributed by atoms with Gasteiger partial charge < -0.3 is 10.1 Å². The maximum absolute atomic E-state index is 11.9. The standard InChI is InChI=1S/C13H21N3O2/c1-3-13(4-2)9-11(5-8-18-13)15-12(17)16-7-6-14-10-16/h6-7,10-11H,3-5,8-9H2,1-2H3,(H,15,17). The number of carbonyl (C=O) groups excluding carboxylic acids is 1. The second kappa shape index (κ2) is 5.52. The Bertz CT molecular complexity index is 385. The highest BCUT2D eigenvalue weighted by Gasteiger charge is 2.35. The number of nitrogens with one attached hydrogen (secondary N) is 1. The molecule has 1 aliphatic rings. The normalized spacial score (nSPS) is 22.7. The van der Waals surface area contributed by atoms with Gasteiger partial charge in [0.05, 0.1) is 5.60 Å². The average molecular weight is 251 g/mol. The molecule has 2 heterocycles. The van der Waals surface area contributed by atoms with E-state index in [1.165, 1.54) is 10.9 Å². The number of hydrogen-bond acceptors (Lipinski definition) is 3. The molecule has 1 unspecified atom stereocenters. The molecule has 1 atom stereocenters. The van der Waals surface area contributed by atoms with Crippen molar-refractivity contribution in [3.8, 4) is 0 Å². The smallest absolute Gasteiger partial charge is 0.327 e. The van der Waals surface area contributed by atoms with Gasteiger partial charge in [0, 0.05) is 25.0 Å². The Morgan fingerprint density at radius 3 is 2.94 bits per heavy atom. The largest absolute Gasteiger partial charge is 0.375 e. The Morgan fingerprint density at radius 1 is 1.56 bits per heavy atom. The minimum absolute atomic E-state index is 0.0644. The van der Waals surface area contributed by atoms with Crippen LogP contribution in [0.25, 0.3) is 0 Å². The van der Waals surface area contributed by atoms with Crippen molar-refractivity contribution in [3.05, 3.63) is 18.7 Å². The van der Waals surface area contributed by atoms with Gasteiger partial charge in [-0.05, 0) is 25.7 Å². The van der Waals surface area contributed by atoms with E-state index in [-0.39, 0.29) is 17.7 Å². The topological polar surface area (TPSA) is 56.2 Å². The van der Waals surface area contributed by atoms with Crippen molar-refractivity contribution in [2.24, 2.45) is 0 Å². The lowest BCUT2D eigenvalue weighted by atomic mass is 9.86. The van der Waals surface area contributed by atoms with E-state index in [4.69, 9.17) is 4.74 Å². The molecule has 1 N–H and O–H groups in total. The zero-order chi connectivity index (χ0) is 13.0. The van der Waals surface area contributed by atoms with Gasteiger partial charge in [0.2, 0.25) is 0 Å². The molecule has 1 amide bonds. The Balaban J connectivity index is 1.96. The minimum atomic E-state index is -0.111. The number of ether oxygens (including phenoxy) is 1. The highest BCUT2D eigenvalue weighted by molar-refractivity contribution is 5.76. The molecule has 0 saturated carbocycles. The van der Waals surface area contributed by atoms with Gasteiger partial charge in [-0.15, -0.1) is 0 Å². The van der Waals surface area contributed by atoms with E-state index in [2.05, 4.69) is 24.1 Å². The van der Waals surface area contributed by atoms with Crippen LogP contribution in [-0.4, -0.2) is 33.8 Å².